The topological polar surface area (TPSA) is 82.6 Å². The molecule has 0 aliphatic carbocycles. The predicted molar refractivity (Wildman–Crippen MR) is 67.6 cm³/mol. The third-order valence-corrected chi connectivity index (χ3v) is 2.75. The van der Waals surface area contributed by atoms with Crippen LogP contribution in [-0.2, 0) is 29.0 Å². The summed E-state index contributed by atoms with van der Waals surface area (Å²) < 4.78 is 5.30. The summed E-state index contributed by atoms with van der Waals surface area (Å²) in [7, 11) is 0. The van der Waals surface area contributed by atoms with Crippen molar-refractivity contribution in [3.63, 3.8) is 0 Å². The number of carboxylic acids is 1. The Balaban J connectivity index is 1.99. The zero-order valence-electron chi connectivity index (χ0n) is 11.3. The van der Waals surface area contributed by atoms with Crippen LogP contribution in [0.1, 0.15) is 37.7 Å². The highest BCUT2D eigenvalue weighted by Crippen LogP contribution is 2.25. The van der Waals surface area contributed by atoms with Crippen LogP contribution in [0.2, 0.25) is 0 Å². The van der Waals surface area contributed by atoms with Crippen molar-refractivity contribution in [1.82, 2.24) is 9.88 Å². The van der Waals surface area contributed by atoms with Crippen LogP contribution in [0.5, 0.6) is 0 Å². The molecule has 1 amide bonds. The number of ether oxygens (including phenoxy) is 1. The van der Waals surface area contributed by atoms with Crippen LogP contribution in [-0.4, -0.2) is 32.7 Å². The van der Waals surface area contributed by atoms with Gasteiger partial charge in [0.25, 0.3) is 0 Å². The van der Waals surface area contributed by atoms with Crippen molar-refractivity contribution in [2.45, 2.75) is 45.9 Å². The number of aromatic nitrogens is 1. The minimum Gasteiger partial charge on any atom is -0.481 e. The van der Waals surface area contributed by atoms with Crippen LogP contribution in [0, 0.1) is 0 Å². The van der Waals surface area contributed by atoms with E-state index < -0.39 is 11.6 Å². The molecule has 0 bridgehead atoms. The number of hydrogen-bond acceptors (Lipinski definition) is 3. The number of aromatic amines is 1. The smallest absolute Gasteiger partial charge is 0.410 e. The SMILES string of the molecule is CC(C)(C)OC(=O)N1Cc2cc(CC(=O)O)[nH]c2C1. The lowest BCUT2D eigenvalue weighted by Gasteiger charge is -2.24. The molecule has 0 aromatic carbocycles. The zero-order chi connectivity index (χ0) is 14.2. The molecule has 1 aromatic heterocycles. The molecule has 0 spiro atoms. The molecule has 1 aromatic rings. The van der Waals surface area contributed by atoms with Crippen LogP contribution < -0.4 is 0 Å². The van der Waals surface area contributed by atoms with Gasteiger partial charge in [0.2, 0.25) is 0 Å². The Labute approximate surface area is 111 Å². The molecule has 6 heteroatoms. The average Bonchev–Trinajstić information content (AvgIpc) is 2.70. The number of aliphatic carboxylic acids is 1. The summed E-state index contributed by atoms with van der Waals surface area (Å²) in [5.41, 5.74) is 2.01. The van der Waals surface area contributed by atoms with E-state index in [1.807, 2.05) is 20.8 Å². The van der Waals surface area contributed by atoms with Gasteiger partial charge in [-0.3, -0.25) is 9.69 Å². The maximum Gasteiger partial charge on any atom is 0.410 e. The zero-order valence-corrected chi connectivity index (χ0v) is 11.3. The number of nitrogens with zero attached hydrogens (tertiary/aromatic N) is 1. The van der Waals surface area contributed by atoms with Crippen molar-refractivity contribution < 1.29 is 19.4 Å². The van der Waals surface area contributed by atoms with E-state index in [9.17, 15) is 9.59 Å². The van der Waals surface area contributed by atoms with E-state index in [4.69, 9.17) is 9.84 Å². The maximum absolute atomic E-state index is 11.9. The van der Waals surface area contributed by atoms with Crippen molar-refractivity contribution in [1.29, 1.82) is 0 Å². The minimum atomic E-state index is -0.871. The number of fused-ring (bicyclic) bond motifs is 1. The fraction of sp³-hybridized carbons (Fsp3) is 0.538. The first-order chi connectivity index (χ1) is 8.74. The molecular weight excluding hydrogens is 248 g/mol. The number of H-pyrrole nitrogens is 1. The van der Waals surface area contributed by atoms with Crippen molar-refractivity contribution in [3.05, 3.63) is 23.0 Å². The highest BCUT2D eigenvalue weighted by Gasteiger charge is 2.29. The van der Waals surface area contributed by atoms with Gasteiger partial charge in [-0.25, -0.2) is 4.79 Å². The summed E-state index contributed by atoms with van der Waals surface area (Å²) in [6, 6.07) is 1.80. The van der Waals surface area contributed by atoms with E-state index in [1.165, 1.54) is 0 Å². The lowest BCUT2D eigenvalue weighted by molar-refractivity contribution is -0.136. The first-order valence-electron chi connectivity index (χ1n) is 6.14. The van der Waals surface area contributed by atoms with Gasteiger partial charge < -0.3 is 14.8 Å². The molecule has 0 fully saturated rings. The van der Waals surface area contributed by atoms with E-state index in [0.29, 0.717) is 18.8 Å². The first kappa shape index (κ1) is 13.5. The van der Waals surface area contributed by atoms with Gasteiger partial charge in [-0.15, -0.1) is 0 Å². The van der Waals surface area contributed by atoms with Gasteiger partial charge in [0.15, 0.2) is 0 Å². The Hall–Kier alpha value is -1.98. The molecule has 0 saturated heterocycles. The Morgan fingerprint density at radius 1 is 1.42 bits per heavy atom. The lowest BCUT2D eigenvalue weighted by Crippen LogP contribution is -2.33. The maximum atomic E-state index is 11.9. The molecule has 6 nitrogen and oxygen atoms in total. The van der Waals surface area contributed by atoms with E-state index in [-0.39, 0.29) is 12.5 Å². The number of nitrogens with one attached hydrogen (secondary N) is 1. The molecule has 1 aliphatic rings. The molecule has 2 heterocycles. The standard InChI is InChI=1S/C13H18N2O4/c1-13(2,3)19-12(18)15-6-8-4-9(5-11(16)17)14-10(8)7-15/h4,14H,5-7H2,1-3H3,(H,16,17). The van der Waals surface area contributed by atoms with Gasteiger partial charge in [0.05, 0.1) is 19.5 Å². The minimum absolute atomic E-state index is 0.0283. The molecule has 0 atom stereocenters. The summed E-state index contributed by atoms with van der Waals surface area (Å²) in [5.74, 6) is -0.871. The second-order valence-corrected chi connectivity index (χ2v) is 5.71. The Kier molecular flexibility index (Phi) is 3.26. The van der Waals surface area contributed by atoms with Gasteiger partial charge >= 0.3 is 12.1 Å². The quantitative estimate of drug-likeness (QED) is 0.856. The van der Waals surface area contributed by atoms with Crippen molar-refractivity contribution in [2.24, 2.45) is 0 Å². The highest BCUT2D eigenvalue weighted by atomic mass is 16.6. The Bertz CT molecular complexity index is 490. The molecule has 0 unspecified atom stereocenters. The Morgan fingerprint density at radius 2 is 2.11 bits per heavy atom. The number of amides is 1. The lowest BCUT2D eigenvalue weighted by atomic mass is 10.2. The second kappa shape index (κ2) is 4.60. The van der Waals surface area contributed by atoms with Gasteiger partial charge in [-0.1, -0.05) is 0 Å². The molecule has 2 N–H and O–H groups in total. The van der Waals surface area contributed by atoms with Crippen LogP contribution in [0.25, 0.3) is 0 Å². The van der Waals surface area contributed by atoms with Gasteiger partial charge in [-0.2, -0.15) is 0 Å². The summed E-state index contributed by atoms with van der Waals surface area (Å²) in [4.78, 5) is 27.1. The van der Waals surface area contributed by atoms with Crippen molar-refractivity contribution in [3.8, 4) is 0 Å². The average molecular weight is 266 g/mol. The molecule has 0 saturated carbocycles. The predicted octanol–water partition coefficient (Wildman–Crippen LogP) is 1.89. The van der Waals surface area contributed by atoms with E-state index in [0.717, 1.165) is 11.3 Å². The molecule has 1 aliphatic heterocycles. The molecule has 19 heavy (non-hydrogen) atoms. The monoisotopic (exact) mass is 266 g/mol. The second-order valence-electron chi connectivity index (χ2n) is 5.71. The number of rotatable bonds is 2. The third-order valence-electron chi connectivity index (χ3n) is 2.75. The fourth-order valence-electron chi connectivity index (χ4n) is 2.06. The van der Waals surface area contributed by atoms with Crippen LogP contribution >= 0.6 is 0 Å². The summed E-state index contributed by atoms with van der Waals surface area (Å²) in [5, 5.41) is 8.72. The van der Waals surface area contributed by atoms with E-state index in [1.54, 1.807) is 11.0 Å². The van der Waals surface area contributed by atoms with Crippen LogP contribution in [0.4, 0.5) is 4.79 Å². The van der Waals surface area contributed by atoms with Gasteiger partial charge in [0, 0.05) is 11.4 Å². The largest absolute Gasteiger partial charge is 0.481 e. The summed E-state index contributed by atoms with van der Waals surface area (Å²) in [6.07, 6.45) is -0.378. The first-order valence-corrected chi connectivity index (χ1v) is 6.14. The highest BCUT2D eigenvalue weighted by molar-refractivity contribution is 5.71. The molecular formula is C13H18N2O4. The molecule has 2 rings (SSSR count). The van der Waals surface area contributed by atoms with Crippen molar-refractivity contribution in [2.75, 3.05) is 0 Å². The summed E-state index contributed by atoms with van der Waals surface area (Å²) in [6.45, 7) is 6.37. The van der Waals surface area contributed by atoms with Crippen molar-refractivity contribution >= 4 is 12.1 Å². The van der Waals surface area contributed by atoms with E-state index >= 15 is 0 Å². The number of carbonyl (C=O) groups is 2. The molecule has 0 radical (unpaired) electrons. The molecule has 104 valence electrons. The van der Waals surface area contributed by atoms with Crippen LogP contribution in [0.15, 0.2) is 6.07 Å². The fourth-order valence-corrected chi connectivity index (χ4v) is 2.06. The number of carboxylic acid groups (broad SMARTS) is 1. The normalized spacial score (nSPS) is 14.4. The Morgan fingerprint density at radius 3 is 2.63 bits per heavy atom. The van der Waals surface area contributed by atoms with Gasteiger partial charge in [-0.05, 0) is 32.4 Å². The number of hydrogen-bond donors (Lipinski definition) is 2. The van der Waals surface area contributed by atoms with Gasteiger partial charge in [0.1, 0.15) is 5.60 Å². The summed E-state index contributed by atoms with van der Waals surface area (Å²) >= 11 is 0. The van der Waals surface area contributed by atoms with Crippen LogP contribution in [0.3, 0.4) is 0 Å². The number of carbonyl (C=O) groups excluding carboxylic acids is 1. The van der Waals surface area contributed by atoms with E-state index in [2.05, 4.69) is 4.98 Å². The third kappa shape index (κ3) is 3.27.